The van der Waals surface area contributed by atoms with E-state index in [9.17, 15) is 9.90 Å². The highest BCUT2D eigenvalue weighted by Crippen LogP contribution is 2.66. The smallest absolute Gasteiger partial charge is 0.133 e. The van der Waals surface area contributed by atoms with Crippen LogP contribution in [0.2, 0.25) is 0 Å². The molecule has 0 amide bonds. The SMILES string of the molecule is CCCC(c1cccc(OCC[C@]23CCC4C(CCC5CC(=O)CC[C@@]54C)C2CC[C@@H]3O)c1)N(C)C(CC)CC. The number of hydrogen-bond donors (Lipinski definition) is 1. The summed E-state index contributed by atoms with van der Waals surface area (Å²) in [6.45, 7) is 10.1. The summed E-state index contributed by atoms with van der Waals surface area (Å²) in [5, 5.41) is 11.4. The van der Waals surface area contributed by atoms with Crippen molar-refractivity contribution in [1.29, 1.82) is 0 Å². The van der Waals surface area contributed by atoms with Crippen molar-refractivity contribution < 1.29 is 14.6 Å². The van der Waals surface area contributed by atoms with Crippen molar-refractivity contribution in [2.45, 2.75) is 136 Å². The number of ether oxygens (including phenoxy) is 1. The summed E-state index contributed by atoms with van der Waals surface area (Å²) in [4.78, 5) is 14.8. The topological polar surface area (TPSA) is 49.8 Å². The van der Waals surface area contributed by atoms with Gasteiger partial charge in [0, 0.05) is 30.3 Å². The normalized spacial score (nSPS) is 36.3. The van der Waals surface area contributed by atoms with Gasteiger partial charge in [-0.15, -0.1) is 0 Å². The van der Waals surface area contributed by atoms with Gasteiger partial charge in [0.1, 0.15) is 11.5 Å². The van der Waals surface area contributed by atoms with Gasteiger partial charge in [-0.3, -0.25) is 9.69 Å². The lowest BCUT2D eigenvalue weighted by atomic mass is 9.44. The van der Waals surface area contributed by atoms with E-state index in [-0.39, 0.29) is 11.5 Å². The summed E-state index contributed by atoms with van der Waals surface area (Å²) in [7, 11) is 2.29. The molecule has 5 unspecified atom stereocenters. The fourth-order valence-electron chi connectivity index (χ4n) is 10.5. The van der Waals surface area contributed by atoms with Gasteiger partial charge < -0.3 is 9.84 Å². The lowest BCUT2D eigenvalue weighted by Crippen LogP contribution is -2.55. The molecule has 1 aromatic rings. The molecular weight excluding hydrogens is 494 g/mol. The van der Waals surface area contributed by atoms with Gasteiger partial charge in [0.05, 0.1) is 12.7 Å². The Morgan fingerprint density at radius 2 is 1.85 bits per heavy atom. The number of ketones is 1. The number of Topliss-reactive ketones (excluding diaryl/α,β-unsaturated/α-hetero) is 1. The molecule has 1 N–H and O–H groups in total. The second kappa shape index (κ2) is 12.5. The minimum atomic E-state index is -0.200. The number of rotatable bonds is 11. The minimum Gasteiger partial charge on any atom is -0.494 e. The molecule has 4 heteroatoms. The number of carbonyl (C=O) groups excluding carboxylic acids is 1. The van der Waals surface area contributed by atoms with Crippen LogP contribution in [-0.2, 0) is 4.79 Å². The Bertz CT molecular complexity index is 1010. The second-order valence-electron chi connectivity index (χ2n) is 14.4. The van der Waals surface area contributed by atoms with Crippen LogP contribution < -0.4 is 4.74 Å². The van der Waals surface area contributed by atoms with E-state index in [4.69, 9.17) is 4.74 Å². The van der Waals surface area contributed by atoms with Gasteiger partial charge in [-0.25, -0.2) is 0 Å². The second-order valence-corrected chi connectivity index (χ2v) is 14.4. The molecule has 0 aliphatic heterocycles. The van der Waals surface area contributed by atoms with Crippen LogP contribution in [0.1, 0.15) is 129 Å². The molecule has 40 heavy (non-hydrogen) atoms. The van der Waals surface area contributed by atoms with Gasteiger partial charge in [0.15, 0.2) is 0 Å². The van der Waals surface area contributed by atoms with Crippen molar-refractivity contribution in [2.75, 3.05) is 13.7 Å². The lowest BCUT2D eigenvalue weighted by Gasteiger charge is -2.60. The van der Waals surface area contributed by atoms with Crippen molar-refractivity contribution in [3.8, 4) is 5.75 Å². The Labute approximate surface area is 244 Å². The first-order chi connectivity index (χ1) is 19.3. The Hall–Kier alpha value is -1.39. The summed E-state index contributed by atoms with van der Waals surface area (Å²) in [5.74, 6) is 4.10. The van der Waals surface area contributed by atoms with Gasteiger partial charge in [0.2, 0.25) is 0 Å². The molecule has 0 bridgehead atoms. The largest absolute Gasteiger partial charge is 0.494 e. The summed E-state index contributed by atoms with van der Waals surface area (Å²) < 4.78 is 6.51. The minimum absolute atomic E-state index is 0.00684. The van der Waals surface area contributed by atoms with Crippen LogP contribution in [-0.4, -0.2) is 41.6 Å². The Morgan fingerprint density at radius 1 is 1.05 bits per heavy atom. The molecule has 224 valence electrons. The molecule has 0 aromatic heterocycles. The zero-order valence-electron chi connectivity index (χ0n) is 26.2. The zero-order chi connectivity index (χ0) is 28.5. The summed E-state index contributed by atoms with van der Waals surface area (Å²) >= 11 is 0. The van der Waals surface area contributed by atoms with E-state index in [2.05, 4.69) is 63.9 Å². The van der Waals surface area contributed by atoms with E-state index in [0.29, 0.717) is 47.6 Å². The van der Waals surface area contributed by atoms with E-state index in [0.717, 1.165) is 56.6 Å². The van der Waals surface area contributed by atoms with E-state index in [1.807, 2.05) is 0 Å². The molecule has 0 radical (unpaired) electrons. The lowest BCUT2D eigenvalue weighted by molar-refractivity contribution is -0.145. The molecule has 5 rings (SSSR count). The third-order valence-corrected chi connectivity index (χ3v) is 12.8. The van der Waals surface area contributed by atoms with Crippen LogP contribution in [0.15, 0.2) is 24.3 Å². The van der Waals surface area contributed by atoms with Crippen LogP contribution in [0.4, 0.5) is 0 Å². The number of hydrogen-bond acceptors (Lipinski definition) is 4. The monoisotopic (exact) mass is 551 g/mol. The zero-order valence-corrected chi connectivity index (χ0v) is 26.2. The average molecular weight is 552 g/mol. The van der Waals surface area contributed by atoms with Gasteiger partial charge >= 0.3 is 0 Å². The highest BCUT2D eigenvalue weighted by Gasteiger charge is 2.61. The number of nitrogens with zero attached hydrogens (tertiary/aromatic N) is 1. The summed E-state index contributed by atoms with van der Waals surface area (Å²) in [6.07, 6.45) is 15.0. The van der Waals surface area contributed by atoms with E-state index in [1.165, 1.54) is 50.5 Å². The van der Waals surface area contributed by atoms with Gasteiger partial charge in [0.25, 0.3) is 0 Å². The van der Waals surface area contributed by atoms with Crippen molar-refractivity contribution >= 4 is 5.78 Å². The van der Waals surface area contributed by atoms with Crippen LogP contribution >= 0.6 is 0 Å². The molecule has 0 saturated heterocycles. The number of aliphatic hydroxyl groups is 1. The van der Waals surface area contributed by atoms with Crippen LogP contribution in [0.5, 0.6) is 5.75 Å². The fourth-order valence-corrected chi connectivity index (χ4v) is 10.5. The number of aliphatic hydroxyl groups excluding tert-OH is 1. The standard InChI is InChI=1S/C36H57NO3/c1-6-10-33(37(5)27(7-2)8-3)25-11-9-12-29(23-25)40-22-21-36-20-18-31-30(32(36)15-16-34(36)39)14-13-26-24-28(38)17-19-35(26,31)4/h9,11-12,23,26-27,30-34,39H,6-8,10,13-22,24H2,1-5H3/t26?,30?,31?,32?,33?,34-,35-,36+/m0/s1. The fraction of sp³-hybridized carbons (Fsp3) is 0.806. The molecule has 8 atom stereocenters. The summed E-state index contributed by atoms with van der Waals surface area (Å²) in [5.41, 5.74) is 1.69. The Kier molecular flexibility index (Phi) is 9.37. The molecule has 4 aliphatic carbocycles. The Morgan fingerprint density at radius 3 is 2.60 bits per heavy atom. The maximum absolute atomic E-state index is 12.3. The van der Waals surface area contributed by atoms with E-state index in [1.54, 1.807) is 0 Å². The third-order valence-electron chi connectivity index (χ3n) is 12.8. The van der Waals surface area contributed by atoms with Gasteiger partial charge in [-0.2, -0.15) is 0 Å². The van der Waals surface area contributed by atoms with Crippen LogP contribution in [0, 0.1) is 34.5 Å². The molecule has 1 aromatic carbocycles. The molecule has 0 heterocycles. The predicted molar refractivity (Wildman–Crippen MR) is 163 cm³/mol. The van der Waals surface area contributed by atoms with Crippen LogP contribution in [0.3, 0.4) is 0 Å². The van der Waals surface area contributed by atoms with Gasteiger partial charge in [-0.05, 0) is 124 Å². The van der Waals surface area contributed by atoms with Gasteiger partial charge in [-0.1, -0.05) is 46.2 Å². The van der Waals surface area contributed by atoms with Crippen molar-refractivity contribution in [1.82, 2.24) is 4.90 Å². The maximum Gasteiger partial charge on any atom is 0.133 e. The maximum atomic E-state index is 12.3. The quantitative estimate of drug-likeness (QED) is 0.300. The first-order valence-electron chi connectivity index (χ1n) is 16.9. The molecule has 0 spiro atoms. The Balaban J connectivity index is 1.27. The van der Waals surface area contributed by atoms with Crippen molar-refractivity contribution in [3.05, 3.63) is 29.8 Å². The molecule has 4 aliphatic rings. The average Bonchev–Trinajstić information content (AvgIpc) is 3.29. The van der Waals surface area contributed by atoms with Crippen molar-refractivity contribution in [2.24, 2.45) is 34.5 Å². The first kappa shape index (κ1) is 30.1. The highest BCUT2D eigenvalue weighted by molar-refractivity contribution is 5.79. The van der Waals surface area contributed by atoms with Crippen molar-refractivity contribution in [3.63, 3.8) is 0 Å². The number of carbonyl (C=O) groups is 1. The molecule has 4 saturated carbocycles. The number of fused-ring (bicyclic) bond motifs is 5. The molecule has 4 nitrogen and oxygen atoms in total. The van der Waals surface area contributed by atoms with E-state index < -0.39 is 0 Å². The molecule has 4 fully saturated rings. The van der Waals surface area contributed by atoms with E-state index >= 15 is 0 Å². The number of benzene rings is 1. The summed E-state index contributed by atoms with van der Waals surface area (Å²) in [6, 6.07) is 9.86. The predicted octanol–water partition coefficient (Wildman–Crippen LogP) is 8.37. The molecular formula is C36H57NO3. The van der Waals surface area contributed by atoms with Crippen LogP contribution in [0.25, 0.3) is 0 Å². The highest BCUT2D eigenvalue weighted by atomic mass is 16.5. The third kappa shape index (κ3) is 5.41. The first-order valence-corrected chi connectivity index (χ1v) is 16.9.